The molecule has 2 aromatic heterocycles. The highest BCUT2D eigenvalue weighted by atomic mass is 19.1. The SMILES string of the molecule is Cc1ccc(-c2cncc(F)c2)cc1NC(=O)[C@@H]1C[C@H]1c1cccnc1. The molecule has 26 heavy (non-hydrogen) atoms. The fraction of sp³-hybridized carbons (Fsp3) is 0.190. The van der Waals surface area contributed by atoms with Gasteiger partial charge in [0.1, 0.15) is 5.82 Å². The van der Waals surface area contributed by atoms with Gasteiger partial charge in [-0.25, -0.2) is 4.39 Å². The summed E-state index contributed by atoms with van der Waals surface area (Å²) in [4.78, 5) is 20.6. The Bertz CT molecular complexity index is 958. The molecule has 1 N–H and O–H groups in total. The van der Waals surface area contributed by atoms with E-state index in [1.807, 2.05) is 43.5 Å². The molecule has 1 aromatic carbocycles. The second kappa shape index (κ2) is 6.67. The molecule has 2 heterocycles. The minimum atomic E-state index is -0.383. The Kier molecular flexibility index (Phi) is 4.21. The molecule has 0 bridgehead atoms. The number of hydrogen-bond acceptors (Lipinski definition) is 3. The Labute approximate surface area is 151 Å². The summed E-state index contributed by atoms with van der Waals surface area (Å²) in [5.74, 6) is -0.167. The average molecular weight is 347 g/mol. The highest BCUT2D eigenvalue weighted by Gasteiger charge is 2.44. The third-order valence-corrected chi connectivity index (χ3v) is 4.77. The van der Waals surface area contributed by atoms with E-state index in [1.165, 1.54) is 12.3 Å². The number of anilines is 1. The number of carbonyl (C=O) groups is 1. The van der Waals surface area contributed by atoms with Gasteiger partial charge in [0.25, 0.3) is 0 Å². The van der Waals surface area contributed by atoms with E-state index < -0.39 is 0 Å². The van der Waals surface area contributed by atoms with E-state index in [-0.39, 0.29) is 23.6 Å². The van der Waals surface area contributed by atoms with Crippen molar-refractivity contribution >= 4 is 11.6 Å². The van der Waals surface area contributed by atoms with Crippen LogP contribution in [0.2, 0.25) is 0 Å². The molecule has 0 unspecified atom stereocenters. The quantitative estimate of drug-likeness (QED) is 0.764. The van der Waals surface area contributed by atoms with Gasteiger partial charge in [-0.2, -0.15) is 0 Å². The van der Waals surface area contributed by atoms with Crippen LogP contribution in [0.3, 0.4) is 0 Å². The van der Waals surface area contributed by atoms with Crippen molar-refractivity contribution < 1.29 is 9.18 Å². The first-order valence-corrected chi connectivity index (χ1v) is 8.54. The van der Waals surface area contributed by atoms with Crippen LogP contribution < -0.4 is 5.32 Å². The Morgan fingerprint density at radius 2 is 2.00 bits per heavy atom. The van der Waals surface area contributed by atoms with E-state index in [9.17, 15) is 9.18 Å². The van der Waals surface area contributed by atoms with Gasteiger partial charge >= 0.3 is 0 Å². The summed E-state index contributed by atoms with van der Waals surface area (Å²) in [5.41, 5.74) is 4.31. The Hall–Kier alpha value is -3.08. The summed E-state index contributed by atoms with van der Waals surface area (Å²) >= 11 is 0. The number of rotatable bonds is 4. The highest BCUT2D eigenvalue weighted by molar-refractivity contribution is 5.96. The molecule has 0 radical (unpaired) electrons. The minimum absolute atomic E-state index is 0.0106. The maximum atomic E-state index is 13.4. The summed E-state index contributed by atoms with van der Waals surface area (Å²) in [6, 6.07) is 11.0. The molecule has 4 rings (SSSR count). The molecule has 5 heteroatoms. The van der Waals surface area contributed by atoms with Crippen molar-refractivity contribution in [3.05, 3.63) is 78.1 Å². The molecule has 1 aliphatic rings. The number of halogens is 1. The zero-order valence-corrected chi connectivity index (χ0v) is 14.3. The largest absolute Gasteiger partial charge is 0.326 e. The topological polar surface area (TPSA) is 54.9 Å². The molecule has 0 spiro atoms. The third-order valence-electron chi connectivity index (χ3n) is 4.77. The van der Waals surface area contributed by atoms with Crippen molar-refractivity contribution in [1.29, 1.82) is 0 Å². The lowest BCUT2D eigenvalue weighted by Gasteiger charge is -2.11. The smallest absolute Gasteiger partial charge is 0.228 e. The number of benzene rings is 1. The molecular formula is C21H18FN3O. The van der Waals surface area contributed by atoms with Crippen LogP contribution in [0.15, 0.2) is 61.2 Å². The van der Waals surface area contributed by atoms with Crippen molar-refractivity contribution in [3.8, 4) is 11.1 Å². The number of aromatic nitrogens is 2. The van der Waals surface area contributed by atoms with Crippen LogP contribution in [0.5, 0.6) is 0 Å². The summed E-state index contributed by atoms with van der Waals surface area (Å²) in [5, 5.41) is 3.02. The fourth-order valence-corrected chi connectivity index (χ4v) is 3.18. The molecule has 1 fully saturated rings. The Morgan fingerprint density at radius 1 is 1.12 bits per heavy atom. The van der Waals surface area contributed by atoms with Crippen molar-refractivity contribution in [2.24, 2.45) is 5.92 Å². The molecule has 2 atom stereocenters. The van der Waals surface area contributed by atoms with E-state index in [4.69, 9.17) is 0 Å². The molecule has 130 valence electrons. The van der Waals surface area contributed by atoms with Gasteiger partial charge in [0.15, 0.2) is 0 Å². The van der Waals surface area contributed by atoms with Gasteiger partial charge in [-0.15, -0.1) is 0 Å². The molecule has 0 saturated heterocycles. The first-order valence-electron chi connectivity index (χ1n) is 8.54. The van der Waals surface area contributed by atoms with Crippen LogP contribution in [-0.4, -0.2) is 15.9 Å². The van der Waals surface area contributed by atoms with Crippen LogP contribution in [0.1, 0.15) is 23.5 Å². The van der Waals surface area contributed by atoms with Crippen molar-refractivity contribution in [3.63, 3.8) is 0 Å². The normalized spacial score (nSPS) is 18.4. The van der Waals surface area contributed by atoms with E-state index in [1.54, 1.807) is 12.4 Å². The predicted octanol–water partition coefficient (Wildman–Crippen LogP) is 4.33. The zero-order valence-electron chi connectivity index (χ0n) is 14.3. The standard InChI is InChI=1S/C21H18FN3O/c1-13-4-5-14(16-7-17(22)12-24-11-16)8-20(13)25-21(26)19-9-18(19)15-3-2-6-23-10-15/h2-8,10-12,18-19H,9H2,1H3,(H,25,26)/t18-,19+/m0/s1. The second-order valence-corrected chi connectivity index (χ2v) is 6.65. The van der Waals surface area contributed by atoms with E-state index in [0.717, 1.165) is 28.8 Å². The van der Waals surface area contributed by atoms with Crippen molar-refractivity contribution in [2.75, 3.05) is 5.32 Å². The molecule has 3 aromatic rings. The number of hydrogen-bond donors (Lipinski definition) is 1. The highest BCUT2D eigenvalue weighted by Crippen LogP contribution is 2.47. The summed E-state index contributed by atoms with van der Waals surface area (Å²) in [6.45, 7) is 1.94. The van der Waals surface area contributed by atoms with E-state index in [0.29, 0.717) is 5.56 Å². The van der Waals surface area contributed by atoms with Crippen molar-refractivity contribution in [2.45, 2.75) is 19.3 Å². The zero-order chi connectivity index (χ0) is 18.1. The van der Waals surface area contributed by atoms with E-state index in [2.05, 4.69) is 15.3 Å². The molecule has 1 amide bonds. The fourth-order valence-electron chi connectivity index (χ4n) is 3.18. The lowest BCUT2D eigenvalue weighted by molar-refractivity contribution is -0.117. The lowest BCUT2D eigenvalue weighted by Crippen LogP contribution is -2.15. The van der Waals surface area contributed by atoms with Crippen LogP contribution in [0, 0.1) is 18.7 Å². The van der Waals surface area contributed by atoms with Crippen LogP contribution >= 0.6 is 0 Å². The van der Waals surface area contributed by atoms with Gasteiger partial charge in [-0.05, 0) is 54.2 Å². The van der Waals surface area contributed by atoms with Gasteiger partial charge in [-0.3, -0.25) is 14.8 Å². The molecule has 1 aliphatic carbocycles. The summed E-state index contributed by atoms with van der Waals surface area (Å²) in [7, 11) is 0. The van der Waals surface area contributed by atoms with Gasteiger partial charge in [0.05, 0.1) is 6.20 Å². The first-order chi connectivity index (χ1) is 12.6. The first kappa shape index (κ1) is 16.4. The maximum Gasteiger partial charge on any atom is 0.228 e. The summed E-state index contributed by atoms with van der Waals surface area (Å²) < 4.78 is 13.4. The molecular weight excluding hydrogens is 329 g/mol. The maximum absolute atomic E-state index is 13.4. The lowest BCUT2D eigenvalue weighted by atomic mass is 10.0. The second-order valence-electron chi connectivity index (χ2n) is 6.65. The molecule has 4 nitrogen and oxygen atoms in total. The Balaban J connectivity index is 1.52. The molecule has 1 saturated carbocycles. The average Bonchev–Trinajstić information content (AvgIpc) is 3.45. The monoisotopic (exact) mass is 347 g/mol. The molecule has 0 aliphatic heterocycles. The van der Waals surface area contributed by atoms with Crippen LogP contribution in [0.25, 0.3) is 11.1 Å². The van der Waals surface area contributed by atoms with Crippen LogP contribution in [0.4, 0.5) is 10.1 Å². The predicted molar refractivity (Wildman–Crippen MR) is 98.1 cm³/mol. The Morgan fingerprint density at radius 3 is 2.77 bits per heavy atom. The number of carbonyl (C=O) groups excluding carboxylic acids is 1. The van der Waals surface area contributed by atoms with Crippen molar-refractivity contribution in [1.82, 2.24) is 9.97 Å². The van der Waals surface area contributed by atoms with E-state index >= 15 is 0 Å². The number of nitrogens with zero attached hydrogens (tertiary/aromatic N) is 2. The number of aryl methyl sites for hydroxylation is 1. The van der Waals surface area contributed by atoms with Gasteiger partial charge in [-0.1, -0.05) is 18.2 Å². The third kappa shape index (κ3) is 3.33. The number of amides is 1. The van der Waals surface area contributed by atoms with Gasteiger partial charge in [0, 0.05) is 35.8 Å². The number of pyridine rings is 2. The minimum Gasteiger partial charge on any atom is -0.326 e. The van der Waals surface area contributed by atoms with Gasteiger partial charge in [0.2, 0.25) is 5.91 Å². The summed E-state index contributed by atoms with van der Waals surface area (Å²) in [6.07, 6.45) is 7.17. The van der Waals surface area contributed by atoms with Gasteiger partial charge < -0.3 is 5.32 Å². The number of nitrogens with one attached hydrogen (secondary N) is 1. The van der Waals surface area contributed by atoms with Crippen LogP contribution in [-0.2, 0) is 4.79 Å².